The summed E-state index contributed by atoms with van der Waals surface area (Å²) < 4.78 is 0. The second-order valence-electron chi connectivity index (χ2n) is 5.51. The Morgan fingerprint density at radius 2 is 1.95 bits per heavy atom. The first-order valence-electron chi connectivity index (χ1n) is 7.17. The maximum atomic E-state index is 12.1. The summed E-state index contributed by atoms with van der Waals surface area (Å²) in [6, 6.07) is 7.63. The highest BCUT2D eigenvalue weighted by molar-refractivity contribution is 5.92. The predicted octanol–water partition coefficient (Wildman–Crippen LogP) is 2.38. The summed E-state index contributed by atoms with van der Waals surface area (Å²) in [5.74, 6) is 0.106. The number of benzene rings is 1. The van der Waals surface area contributed by atoms with Gasteiger partial charge in [0.25, 0.3) is 0 Å². The first-order valence-corrected chi connectivity index (χ1v) is 7.17. The Hall–Kier alpha value is -1.68. The topological polar surface area (TPSA) is 49.4 Å². The van der Waals surface area contributed by atoms with Crippen molar-refractivity contribution < 1.29 is 9.59 Å². The van der Waals surface area contributed by atoms with Crippen molar-refractivity contribution in [3.63, 3.8) is 0 Å². The number of Topliss-reactive ketones (excluding diaryl/α,β-unsaturated/α-hetero) is 1. The minimum atomic E-state index is -0.0903. The van der Waals surface area contributed by atoms with Crippen LogP contribution in [-0.2, 0) is 9.59 Å². The van der Waals surface area contributed by atoms with Gasteiger partial charge in [0.05, 0.1) is 12.6 Å². The highest BCUT2D eigenvalue weighted by Gasteiger charge is 2.27. The van der Waals surface area contributed by atoms with Crippen molar-refractivity contribution in [2.45, 2.75) is 39.2 Å². The summed E-state index contributed by atoms with van der Waals surface area (Å²) in [4.78, 5) is 25.7. The van der Waals surface area contributed by atoms with Crippen LogP contribution in [0.15, 0.2) is 24.3 Å². The van der Waals surface area contributed by atoms with E-state index in [0.717, 1.165) is 37.1 Å². The van der Waals surface area contributed by atoms with Gasteiger partial charge in [-0.3, -0.25) is 14.5 Å². The lowest BCUT2D eigenvalue weighted by Crippen LogP contribution is -2.47. The fourth-order valence-electron chi connectivity index (χ4n) is 2.66. The molecule has 1 aliphatic rings. The number of amides is 1. The summed E-state index contributed by atoms with van der Waals surface area (Å²) in [6.07, 6.45) is 3.00. The fourth-order valence-corrected chi connectivity index (χ4v) is 2.66. The number of carbonyl (C=O) groups excluding carboxylic acids is 2. The van der Waals surface area contributed by atoms with Gasteiger partial charge in [0.2, 0.25) is 5.91 Å². The van der Waals surface area contributed by atoms with Crippen molar-refractivity contribution >= 4 is 17.4 Å². The highest BCUT2D eigenvalue weighted by Crippen LogP contribution is 2.17. The van der Waals surface area contributed by atoms with E-state index in [9.17, 15) is 9.59 Å². The Morgan fingerprint density at radius 3 is 2.60 bits per heavy atom. The third-order valence-corrected chi connectivity index (χ3v) is 3.76. The molecule has 1 aromatic carbocycles. The van der Waals surface area contributed by atoms with Crippen LogP contribution in [0.25, 0.3) is 0 Å². The molecule has 0 aliphatic carbocycles. The van der Waals surface area contributed by atoms with E-state index >= 15 is 0 Å². The molecule has 20 heavy (non-hydrogen) atoms. The number of nitrogens with one attached hydrogen (secondary N) is 1. The second kappa shape index (κ2) is 6.66. The van der Waals surface area contributed by atoms with Crippen LogP contribution in [0.4, 0.5) is 5.69 Å². The van der Waals surface area contributed by atoms with Crippen molar-refractivity contribution in [1.82, 2.24) is 4.90 Å². The van der Waals surface area contributed by atoms with Gasteiger partial charge in [-0.15, -0.1) is 0 Å². The quantitative estimate of drug-likeness (QED) is 0.917. The summed E-state index contributed by atoms with van der Waals surface area (Å²) in [5.41, 5.74) is 1.97. The van der Waals surface area contributed by atoms with Gasteiger partial charge >= 0.3 is 0 Å². The van der Waals surface area contributed by atoms with E-state index < -0.39 is 0 Å². The largest absolute Gasteiger partial charge is 0.325 e. The maximum Gasteiger partial charge on any atom is 0.238 e. The van der Waals surface area contributed by atoms with E-state index in [1.807, 2.05) is 36.1 Å². The Balaban J connectivity index is 1.92. The second-order valence-corrected chi connectivity index (χ2v) is 5.51. The minimum Gasteiger partial charge on any atom is -0.325 e. The molecule has 4 heteroatoms. The smallest absolute Gasteiger partial charge is 0.238 e. The van der Waals surface area contributed by atoms with E-state index in [1.54, 1.807) is 6.92 Å². The summed E-state index contributed by atoms with van der Waals surface area (Å²) in [7, 11) is 0. The highest BCUT2D eigenvalue weighted by atomic mass is 16.2. The van der Waals surface area contributed by atoms with Crippen LogP contribution in [0, 0.1) is 6.92 Å². The molecule has 1 N–H and O–H groups in total. The summed E-state index contributed by atoms with van der Waals surface area (Å²) in [6.45, 7) is 4.74. The van der Waals surface area contributed by atoms with E-state index in [-0.39, 0.29) is 24.3 Å². The normalized spacial score (nSPS) is 19.6. The van der Waals surface area contributed by atoms with Crippen molar-refractivity contribution in [2.24, 2.45) is 0 Å². The lowest BCUT2D eigenvalue weighted by Gasteiger charge is -2.33. The number of carbonyl (C=O) groups is 2. The molecule has 1 aromatic rings. The van der Waals surface area contributed by atoms with E-state index in [4.69, 9.17) is 0 Å². The van der Waals surface area contributed by atoms with Crippen molar-refractivity contribution in [3.05, 3.63) is 29.8 Å². The van der Waals surface area contributed by atoms with Crippen molar-refractivity contribution in [2.75, 3.05) is 18.4 Å². The van der Waals surface area contributed by atoms with Crippen molar-refractivity contribution in [1.29, 1.82) is 0 Å². The molecular weight excluding hydrogens is 252 g/mol. The molecule has 4 nitrogen and oxygen atoms in total. The van der Waals surface area contributed by atoms with Crippen LogP contribution >= 0.6 is 0 Å². The van der Waals surface area contributed by atoms with Gasteiger partial charge in [0, 0.05) is 5.69 Å². The van der Waals surface area contributed by atoms with Crippen LogP contribution in [-0.4, -0.2) is 35.7 Å². The molecule has 1 heterocycles. The lowest BCUT2D eigenvalue weighted by molar-refractivity contribution is -0.125. The number of rotatable bonds is 4. The van der Waals surface area contributed by atoms with Gasteiger partial charge in [0.1, 0.15) is 5.78 Å². The molecule has 1 unspecified atom stereocenters. The Labute approximate surface area is 120 Å². The first kappa shape index (κ1) is 14.7. The van der Waals surface area contributed by atoms with Gasteiger partial charge in [-0.25, -0.2) is 0 Å². The number of piperidine rings is 1. The number of hydrogen-bond acceptors (Lipinski definition) is 3. The number of likely N-dealkylation sites (tertiary alicyclic amines) is 1. The molecule has 1 saturated heterocycles. The molecule has 0 aromatic heterocycles. The zero-order chi connectivity index (χ0) is 14.5. The molecule has 2 rings (SSSR count). The van der Waals surface area contributed by atoms with Crippen LogP contribution in [0.1, 0.15) is 31.7 Å². The standard InChI is InChI=1S/C16H22N2O2/c1-12-6-8-14(9-7-12)17-16(20)11-18-10-4-3-5-15(18)13(2)19/h6-9,15H,3-5,10-11H2,1-2H3,(H,17,20). The minimum absolute atomic E-state index is 0.0537. The van der Waals surface area contributed by atoms with Gasteiger partial charge in [0.15, 0.2) is 0 Å². The monoisotopic (exact) mass is 274 g/mol. The molecule has 1 amide bonds. The Kier molecular flexibility index (Phi) is 4.90. The lowest BCUT2D eigenvalue weighted by atomic mass is 9.99. The molecule has 0 radical (unpaired) electrons. The molecule has 0 spiro atoms. The number of ketones is 1. The Morgan fingerprint density at radius 1 is 1.25 bits per heavy atom. The first-order chi connectivity index (χ1) is 9.56. The van der Waals surface area contributed by atoms with E-state index in [1.165, 1.54) is 0 Å². The summed E-state index contributed by atoms with van der Waals surface area (Å²) in [5, 5.41) is 2.88. The van der Waals surface area contributed by atoms with Gasteiger partial charge < -0.3 is 5.32 Å². The number of hydrogen-bond donors (Lipinski definition) is 1. The summed E-state index contributed by atoms with van der Waals surface area (Å²) >= 11 is 0. The van der Waals surface area contributed by atoms with Gasteiger partial charge in [-0.2, -0.15) is 0 Å². The van der Waals surface area contributed by atoms with Crippen molar-refractivity contribution in [3.8, 4) is 0 Å². The van der Waals surface area contributed by atoms with E-state index in [2.05, 4.69) is 5.32 Å². The average molecular weight is 274 g/mol. The zero-order valence-electron chi connectivity index (χ0n) is 12.2. The SMILES string of the molecule is CC(=O)C1CCCCN1CC(=O)Nc1ccc(C)cc1. The van der Waals surface area contributed by atoms with E-state index in [0.29, 0.717) is 0 Å². The number of nitrogens with zero attached hydrogens (tertiary/aromatic N) is 1. The molecule has 1 atom stereocenters. The third kappa shape index (κ3) is 3.90. The van der Waals surface area contributed by atoms with Crippen LogP contribution in [0.5, 0.6) is 0 Å². The van der Waals surface area contributed by atoms with Gasteiger partial charge in [-0.1, -0.05) is 24.1 Å². The molecule has 1 fully saturated rings. The molecule has 108 valence electrons. The van der Waals surface area contributed by atoms with Crippen LogP contribution < -0.4 is 5.32 Å². The van der Waals surface area contributed by atoms with Gasteiger partial charge in [-0.05, 0) is 45.4 Å². The fraction of sp³-hybridized carbons (Fsp3) is 0.500. The van der Waals surface area contributed by atoms with Crippen LogP contribution in [0.3, 0.4) is 0 Å². The zero-order valence-corrected chi connectivity index (χ0v) is 12.2. The predicted molar refractivity (Wildman–Crippen MR) is 79.7 cm³/mol. The third-order valence-electron chi connectivity index (χ3n) is 3.76. The average Bonchev–Trinajstić information content (AvgIpc) is 2.41. The molecule has 0 saturated carbocycles. The Bertz CT molecular complexity index is 482. The molecule has 1 aliphatic heterocycles. The van der Waals surface area contributed by atoms with Crippen LogP contribution in [0.2, 0.25) is 0 Å². The number of anilines is 1. The maximum absolute atomic E-state index is 12.1. The molecule has 0 bridgehead atoms. The molecular formula is C16H22N2O2. The number of aryl methyl sites for hydroxylation is 1.